The number of thiazole rings is 2. The van der Waals surface area contributed by atoms with E-state index in [1.54, 1.807) is 17.7 Å². The topological polar surface area (TPSA) is 213 Å². The number of azo groups is 1. The van der Waals surface area contributed by atoms with Crippen LogP contribution in [-0.2, 0) is 50.6 Å². The molecule has 0 unspecified atom stereocenters. The van der Waals surface area contributed by atoms with Crippen molar-refractivity contribution in [2.75, 3.05) is 10.2 Å². The minimum atomic E-state index is -4.69. The van der Waals surface area contributed by atoms with E-state index in [-0.39, 0.29) is 28.5 Å². The molecule has 3 N–H and O–H groups in total. The first-order valence-corrected chi connectivity index (χ1v) is 26.5. The predicted molar refractivity (Wildman–Crippen MR) is 278 cm³/mol. The number of nitrogens with one attached hydrogen (secondary N) is 1. The third-order valence-electron chi connectivity index (χ3n) is 11.9. The van der Waals surface area contributed by atoms with Crippen LogP contribution in [0.15, 0.2) is 86.7 Å². The van der Waals surface area contributed by atoms with Gasteiger partial charge in [0.05, 0.1) is 43.9 Å². The molecule has 0 spiro atoms. The van der Waals surface area contributed by atoms with Crippen LogP contribution in [0.25, 0.3) is 25.6 Å². The molecule has 0 radical (unpaired) electrons. The van der Waals surface area contributed by atoms with Crippen LogP contribution in [0.1, 0.15) is 98.7 Å². The largest absolute Gasteiger partial charge is 0.338 e. The summed E-state index contributed by atoms with van der Waals surface area (Å²) in [5.41, 5.74) is 8.25. The fourth-order valence-electron chi connectivity index (χ4n) is 8.72. The van der Waals surface area contributed by atoms with Gasteiger partial charge in [0.15, 0.2) is 16.8 Å². The van der Waals surface area contributed by atoms with Crippen LogP contribution in [0.5, 0.6) is 0 Å². The monoisotopic (exact) mass is 1020 g/mol. The van der Waals surface area contributed by atoms with Gasteiger partial charge in [0, 0.05) is 16.0 Å². The molecule has 0 aliphatic heterocycles. The fourth-order valence-corrected chi connectivity index (χ4v) is 12.3. The van der Waals surface area contributed by atoms with Crippen molar-refractivity contribution in [1.29, 1.82) is 5.26 Å². The van der Waals surface area contributed by atoms with Crippen molar-refractivity contribution in [3.63, 3.8) is 0 Å². The van der Waals surface area contributed by atoms with Gasteiger partial charge in [-0.1, -0.05) is 113 Å². The molecular formula is C50H52N10O6S4. The Balaban J connectivity index is 1.45. The number of hydrogen-bond acceptors (Lipinski definition) is 17. The molecule has 8 rings (SSSR count). The van der Waals surface area contributed by atoms with Gasteiger partial charge in [0.2, 0.25) is 5.13 Å². The Hall–Kier alpha value is -6.15. The molecule has 0 amide bonds. The molecule has 20 heteroatoms. The van der Waals surface area contributed by atoms with Gasteiger partial charge in [0.1, 0.15) is 28.0 Å². The number of nitrogens with zero attached hydrogens (tertiary/aromatic N) is 9. The first kappa shape index (κ1) is 50.2. The maximum atomic E-state index is 13.3. The van der Waals surface area contributed by atoms with E-state index in [4.69, 9.17) is 34.6 Å². The average Bonchev–Trinajstić information content (AvgIpc) is 4.06. The van der Waals surface area contributed by atoms with E-state index in [2.05, 4.69) is 16.4 Å². The summed E-state index contributed by atoms with van der Waals surface area (Å²) >= 11 is 3.71. The summed E-state index contributed by atoms with van der Waals surface area (Å²) < 4.78 is 45.8. The van der Waals surface area contributed by atoms with Gasteiger partial charge < -0.3 is 5.32 Å². The second-order valence-corrected chi connectivity index (χ2v) is 21.7. The number of anilines is 5. The number of hydrogen-bond donors (Lipinski definition) is 3. The molecule has 4 aromatic heterocycles. The third-order valence-corrected chi connectivity index (χ3v) is 15.8. The number of nitriles is 1. The van der Waals surface area contributed by atoms with E-state index in [0.717, 1.165) is 54.7 Å². The lowest BCUT2D eigenvalue weighted by molar-refractivity contribution is -0.432. The predicted octanol–water partition coefficient (Wildman–Crippen LogP) is 14.1. The zero-order valence-electron chi connectivity index (χ0n) is 40.4. The lowest BCUT2D eigenvalue weighted by Crippen LogP contribution is -2.19. The first-order valence-electron chi connectivity index (χ1n) is 22.6. The Kier molecular flexibility index (Phi) is 14.6. The average molecular weight is 1020 g/mol. The summed E-state index contributed by atoms with van der Waals surface area (Å²) in [7, 11) is -4.69. The summed E-state index contributed by atoms with van der Waals surface area (Å²) in [4.78, 5) is 17.8. The van der Waals surface area contributed by atoms with E-state index in [1.165, 1.54) is 22.7 Å². The Bertz CT molecular complexity index is 3430. The lowest BCUT2D eigenvalue weighted by atomic mass is 9.90. The molecule has 0 saturated heterocycles. The fraction of sp³-hybridized carbons (Fsp3) is 0.300. The van der Waals surface area contributed by atoms with Gasteiger partial charge in [0.25, 0.3) is 10.1 Å². The van der Waals surface area contributed by atoms with Gasteiger partial charge in [-0.05, 0) is 116 Å². The van der Waals surface area contributed by atoms with E-state index >= 15 is 0 Å². The standard InChI is InChI=1S/C50H52N10O6S4/c1-11-30-23-28(6)43(69-66-65-61)32(13-3)41(30)55-46-40(56-57-47-34(26-51)45(50(8,9)10)58-60(47)49-53-36-20-16-18-22-38(36)68-49)27(5)25-39(54-46)59(48-52-35-19-15-17-21-37(35)67-48)42-31(12-2)24-29(7)44(33(42)14-4)70(62,63)64/h15-25,61H,11-14H2,1-10H3,(H,54,55)(H,62,63,64). The number of fused-ring (bicyclic) bond motifs is 2. The van der Waals surface area contributed by atoms with Crippen LogP contribution in [0.2, 0.25) is 0 Å². The summed E-state index contributed by atoms with van der Waals surface area (Å²) in [6.07, 6.45) is 1.91. The zero-order valence-corrected chi connectivity index (χ0v) is 43.6. The minimum Gasteiger partial charge on any atom is -0.338 e. The van der Waals surface area contributed by atoms with Crippen LogP contribution in [0.4, 0.5) is 39.6 Å². The lowest BCUT2D eigenvalue weighted by Gasteiger charge is -2.29. The van der Waals surface area contributed by atoms with Gasteiger partial charge in [-0.25, -0.2) is 20.2 Å². The van der Waals surface area contributed by atoms with Gasteiger partial charge >= 0.3 is 0 Å². The maximum absolute atomic E-state index is 13.3. The Morgan fingerprint density at radius 2 is 1.49 bits per heavy atom. The van der Waals surface area contributed by atoms with Gasteiger partial charge in [-0.2, -0.15) is 23.5 Å². The number of benzene rings is 4. The third kappa shape index (κ3) is 9.55. The van der Waals surface area contributed by atoms with E-state index in [0.29, 0.717) is 79.7 Å². The summed E-state index contributed by atoms with van der Waals surface area (Å²) in [6, 6.07) is 23.5. The summed E-state index contributed by atoms with van der Waals surface area (Å²) in [5.74, 6) is 0.829. The second kappa shape index (κ2) is 20.3. The second-order valence-electron chi connectivity index (χ2n) is 17.6. The molecule has 8 aromatic rings. The molecule has 4 heterocycles. The van der Waals surface area contributed by atoms with Crippen LogP contribution in [-0.4, -0.2) is 43.0 Å². The van der Waals surface area contributed by atoms with Crippen LogP contribution < -0.4 is 10.2 Å². The van der Waals surface area contributed by atoms with Crippen LogP contribution >= 0.6 is 34.7 Å². The van der Waals surface area contributed by atoms with Crippen molar-refractivity contribution in [1.82, 2.24) is 24.7 Å². The molecule has 0 saturated carbocycles. The van der Waals surface area contributed by atoms with Crippen LogP contribution in [0.3, 0.4) is 0 Å². The van der Waals surface area contributed by atoms with Gasteiger partial charge in [-0.3, -0.25) is 9.45 Å². The molecule has 70 heavy (non-hydrogen) atoms. The molecule has 362 valence electrons. The smallest absolute Gasteiger partial charge is 0.295 e. The maximum Gasteiger partial charge on any atom is 0.295 e. The quantitative estimate of drug-likeness (QED) is 0.0270. The first-order chi connectivity index (χ1) is 33.4. The van der Waals surface area contributed by atoms with E-state index < -0.39 is 15.5 Å². The van der Waals surface area contributed by atoms with Crippen molar-refractivity contribution in [2.45, 2.75) is 110 Å². The van der Waals surface area contributed by atoms with Gasteiger partial charge in [-0.15, -0.1) is 14.6 Å². The van der Waals surface area contributed by atoms with Crippen molar-refractivity contribution in [2.24, 2.45) is 10.2 Å². The van der Waals surface area contributed by atoms with E-state index in [1.807, 2.05) is 128 Å². The normalized spacial score (nSPS) is 12.2. The highest BCUT2D eigenvalue weighted by molar-refractivity contribution is 7.94. The molecule has 0 fully saturated rings. The minimum absolute atomic E-state index is 0.166. The Morgan fingerprint density at radius 1 is 0.843 bits per heavy atom. The summed E-state index contributed by atoms with van der Waals surface area (Å²) in [6.45, 7) is 19.4. The van der Waals surface area contributed by atoms with Crippen molar-refractivity contribution in [3.05, 3.63) is 117 Å². The van der Waals surface area contributed by atoms with E-state index in [9.17, 15) is 23.5 Å². The number of rotatable bonds is 16. The highest BCUT2D eigenvalue weighted by Gasteiger charge is 2.32. The Morgan fingerprint density at radius 3 is 2.07 bits per heavy atom. The number of aromatic nitrogens is 5. The zero-order chi connectivity index (χ0) is 50.2. The molecular weight excluding hydrogens is 965 g/mol. The summed E-state index contributed by atoms with van der Waals surface area (Å²) in [5, 5.41) is 43.5. The molecule has 0 aliphatic rings. The van der Waals surface area contributed by atoms with Crippen molar-refractivity contribution >= 4 is 105 Å². The number of para-hydroxylation sites is 2. The van der Waals surface area contributed by atoms with Crippen molar-refractivity contribution < 1.29 is 27.6 Å². The Labute approximate surface area is 418 Å². The highest BCUT2D eigenvalue weighted by atomic mass is 32.2. The molecule has 16 nitrogen and oxygen atoms in total. The molecule has 4 aromatic carbocycles. The highest BCUT2D eigenvalue weighted by Crippen LogP contribution is 2.48. The molecule has 0 aliphatic carbocycles. The SMILES string of the molecule is CCc1cc(C)c(SOOO)c(CC)c1Nc1nc(N(c2nc3ccccc3s2)c2c(CC)cc(C)c(S(=O)(=O)O)c2CC)cc(C)c1N=Nc1c(C#N)c(C(C)(C)C)nn1-c1nc2ccccc2s1. The number of aryl methyl sites for hydroxylation is 5. The molecule has 0 bridgehead atoms. The molecule has 0 atom stereocenters. The van der Waals surface area contributed by atoms with Crippen molar-refractivity contribution in [3.8, 4) is 11.2 Å². The van der Waals surface area contributed by atoms with Crippen LogP contribution in [0, 0.1) is 32.1 Å². The number of pyridine rings is 1.